The lowest BCUT2D eigenvalue weighted by molar-refractivity contribution is 0.0954. The lowest BCUT2D eigenvalue weighted by Gasteiger charge is -2.02. The van der Waals surface area contributed by atoms with Gasteiger partial charge in [0, 0.05) is 10.0 Å². The molecule has 96 valence electrons. The van der Waals surface area contributed by atoms with Gasteiger partial charge in [-0.05, 0) is 36.2 Å². The molecular formula is C15H13BrN2O. The van der Waals surface area contributed by atoms with Gasteiger partial charge in [0.05, 0.1) is 6.21 Å². The van der Waals surface area contributed by atoms with Gasteiger partial charge < -0.3 is 0 Å². The van der Waals surface area contributed by atoms with Crippen LogP contribution in [0.3, 0.4) is 0 Å². The minimum absolute atomic E-state index is 0.204. The zero-order valence-corrected chi connectivity index (χ0v) is 12.0. The van der Waals surface area contributed by atoms with Gasteiger partial charge in [0.25, 0.3) is 5.91 Å². The van der Waals surface area contributed by atoms with Crippen LogP contribution in [0.1, 0.15) is 21.5 Å². The fraction of sp³-hybridized carbons (Fsp3) is 0.0667. The first kappa shape index (κ1) is 13.5. The molecule has 4 heteroatoms. The van der Waals surface area contributed by atoms with Crippen LogP contribution in [-0.4, -0.2) is 12.1 Å². The van der Waals surface area contributed by atoms with Gasteiger partial charge in [0.2, 0.25) is 0 Å². The second-order valence-corrected chi connectivity index (χ2v) is 4.98. The average molecular weight is 317 g/mol. The van der Waals surface area contributed by atoms with Crippen LogP contribution in [0.5, 0.6) is 0 Å². The first-order valence-electron chi connectivity index (χ1n) is 5.81. The Morgan fingerprint density at radius 2 is 2.00 bits per heavy atom. The van der Waals surface area contributed by atoms with Crippen molar-refractivity contribution in [1.82, 2.24) is 5.43 Å². The highest BCUT2D eigenvalue weighted by Crippen LogP contribution is 2.10. The minimum atomic E-state index is -0.204. The molecule has 0 unspecified atom stereocenters. The molecule has 0 aliphatic heterocycles. The Hall–Kier alpha value is -1.94. The van der Waals surface area contributed by atoms with Crippen molar-refractivity contribution in [1.29, 1.82) is 0 Å². The molecule has 0 aromatic heterocycles. The highest BCUT2D eigenvalue weighted by atomic mass is 79.9. The first-order valence-corrected chi connectivity index (χ1v) is 6.61. The van der Waals surface area contributed by atoms with E-state index in [1.807, 2.05) is 49.4 Å². The van der Waals surface area contributed by atoms with Gasteiger partial charge in [0.1, 0.15) is 0 Å². The zero-order valence-electron chi connectivity index (χ0n) is 10.4. The highest BCUT2D eigenvalue weighted by Gasteiger charge is 2.05. The van der Waals surface area contributed by atoms with Gasteiger partial charge in [-0.1, -0.05) is 46.3 Å². The molecule has 0 heterocycles. The molecule has 0 bridgehead atoms. The Balaban J connectivity index is 2.03. The van der Waals surface area contributed by atoms with Crippen molar-refractivity contribution in [2.45, 2.75) is 6.92 Å². The van der Waals surface area contributed by atoms with Crippen LogP contribution in [0.2, 0.25) is 0 Å². The topological polar surface area (TPSA) is 41.5 Å². The van der Waals surface area contributed by atoms with E-state index in [1.165, 1.54) is 0 Å². The summed E-state index contributed by atoms with van der Waals surface area (Å²) < 4.78 is 0.974. The summed E-state index contributed by atoms with van der Waals surface area (Å²) in [7, 11) is 0. The normalized spacial score (nSPS) is 10.6. The van der Waals surface area contributed by atoms with Crippen LogP contribution in [0, 0.1) is 6.92 Å². The maximum atomic E-state index is 11.9. The van der Waals surface area contributed by atoms with E-state index in [1.54, 1.807) is 12.3 Å². The molecule has 0 spiro atoms. The van der Waals surface area contributed by atoms with Gasteiger partial charge in [0.15, 0.2) is 0 Å². The van der Waals surface area contributed by atoms with Gasteiger partial charge >= 0.3 is 0 Å². The largest absolute Gasteiger partial charge is 0.271 e. The molecule has 3 nitrogen and oxygen atoms in total. The van der Waals surface area contributed by atoms with Crippen LogP contribution in [0.25, 0.3) is 0 Å². The standard InChI is InChI=1S/C15H13BrN2O/c1-11-5-2-3-8-14(11)15(19)18-17-10-12-6-4-7-13(16)9-12/h2-10H,1H3,(H,18,19). The molecule has 2 aromatic carbocycles. The first-order chi connectivity index (χ1) is 9.16. The SMILES string of the molecule is Cc1ccccc1C(=O)NN=Cc1cccc(Br)c1. The number of hydrogen-bond donors (Lipinski definition) is 1. The average Bonchev–Trinajstić information content (AvgIpc) is 2.39. The zero-order chi connectivity index (χ0) is 13.7. The van der Waals surface area contributed by atoms with E-state index in [9.17, 15) is 4.79 Å². The van der Waals surface area contributed by atoms with Gasteiger partial charge in [-0.3, -0.25) is 4.79 Å². The van der Waals surface area contributed by atoms with Gasteiger partial charge in [-0.15, -0.1) is 0 Å². The number of aryl methyl sites for hydroxylation is 1. The number of rotatable bonds is 3. The second-order valence-electron chi connectivity index (χ2n) is 4.07. The lowest BCUT2D eigenvalue weighted by Crippen LogP contribution is -2.18. The Kier molecular flexibility index (Phi) is 4.47. The maximum Gasteiger partial charge on any atom is 0.271 e. The molecule has 0 saturated carbocycles. The molecule has 0 fully saturated rings. The van der Waals surface area contributed by atoms with Crippen molar-refractivity contribution < 1.29 is 4.79 Å². The summed E-state index contributed by atoms with van der Waals surface area (Å²) in [6, 6.07) is 15.1. The molecule has 1 N–H and O–H groups in total. The molecule has 0 aliphatic rings. The monoisotopic (exact) mass is 316 g/mol. The summed E-state index contributed by atoms with van der Waals surface area (Å²) in [6.07, 6.45) is 1.61. The summed E-state index contributed by atoms with van der Waals surface area (Å²) in [5.74, 6) is -0.204. The summed E-state index contributed by atoms with van der Waals surface area (Å²) in [4.78, 5) is 11.9. The van der Waals surface area contributed by atoms with Crippen molar-refractivity contribution >= 4 is 28.1 Å². The number of carbonyl (C=O) groups excluding carboxylic acids is 1. The molecule has 19 heavy (non-hydrogen) atoms. The van der Waals surface area contributed by atoms with Gasteiger partial charge in [-0.2, -0.15) is 5.10 Å². The van der Waals surface area contributed by atoms with E-state index < -0.39 is 0 Å². The summed E-state index contributed by atoms with van der Waals surface area (Å²) in [5, 5.41) is 3.95. The number of hydrazone groups is 1. The van der Waals surface area contributed by atoms with Crippen LogP contribution in [0.4, 0.5) is 0 Å². The third-order valence-corrected chi connectivity index (χ3v) is 3.11. The molecule has 2 aromatic rings. The molecule has 1 amide bonds. The number of carbonyl (C=O) groups is 1. The molecule has 0 atom stereocenters. The second kappa shape index (κ2) is 6.29. The van der Waals surface area contributed by atoms with E-state index in [4.69, 9.17) is 0 Å². The summed E-state index contributed by atoms with van der Waals surface area (Å²) in [6.45, 7) is 1.90. The van der Waals surface area contributed by atoms with Crippen LogP contribution < -0.4 is 5.43 Å². The van der Waals surface area contributed by atoms with Crippen LogP contribution >= 0.6 is 15.9 Å². The van der Waals surface area contributed by atoms with Crippen molar-refractivity contribution in [3.63, 3.8) is 0 Å². The van der Waals surface area contributed by atoms with E-state index in [-0.39, 0.29) is 5.91 Å². The Bertz CT molecular complexity index is 623. The van der Waals surface area contributed by atoms with Crippen molar-refractivity contribution in [3.05, 3.63) is 69.7 Å². The number of benzene rings is 2. The fourth-order valence-corrected chi connectivity index (χ4v) is 2.06. The smallest absolute Gasteiger partial charge is 0.267 e. The van der Waals surface area contributed by atoms with Gasteiger partial charge in [-0.25, -0.2) is 5.43 Å². The summed E-state index contributed by atoms with van der Waals surface area (Å²) in [5.41, 5.74) is 5.00. The fourth-order valence-electron chi connectivity index (χ4n) is 1.64. The quantitative estimate of drug-likeness (QED) is 0.683. The number of nitrogens with zero attached hydrogens (tertiary/aromatic N) is 1. The number of hydrogen-bond acceptors (Lipinski definition) is 2. The predicted molar refractivity (Wildman–Crippen MR) is 80.4 cm³/mol. The highest BCUT2D eigenvalue weighted by molar-refractivity contribution is 9.10. The molecule has 2 rings (SSSR count). The van der Waals surface area contributed by atoms with Crippen molar-refractivity contribution in [3.8, 4) is 0 Å². The number of amides is 1. The lowest BCUT2D eigenvalue weighted by atomic mass is 10.1. The van der Waals surface area contributed by atoms with Crippen molar-refractivity contribution in [2.75, 3.05) is 0 Å². The molecule has 0 aliphatic carbocycles. The third kappa shape index (κ3) is 3.76. The van der Waals surface area contributed by atoms with E-state index >= 15 is 0 Å². The van der Waals surface area contributed by atoms with Crippen molar-refractivity contribution in [2.24, 2.45) is 5.10 Å². The molecule has 0 saturated heterocycles. The molecule has 0 radical (unpaired) electrons. The molecular weight excluding hydrogens is 304 g/mol. The maximum absolute atomic E-state index is 11.9. The van der Waals surface area contributed by atoms with E-state index in [0.717, 1.165) is 15.6 Å². The Labute approximate surface area is 120 Å². The van der Waals surface area contributed by atoms with E-state index in [0.29, 0.717) is 5.56 Å². The van der Waals surface area contributed by atoms with Crippen LogP contribution in [-0.2, 0) is 0 Å². The van der Waals surface area contributed by atoms with E-state index in [2.05, 4.69) is 26.5 Å². The Morgan fingerprint density at radius 3 is 2.74 bits per heavy atom. The Morgan fingerprint density at radius 1 is 1.21 bits per heavy atom. The third-order valence-electron chi connectivity index (χ3n) is 2.62. The number of halogens is 1. The summed E-state index contributed by atoms with van der Waals surface area (Å²) >= 11 is 3.38. The predicted octanol–water partition coefficient (Wildman–Crippen LogP) is 3.52. The minimum Gasteiger partial charge on any atom is -0.267 e. The number of nitrogens with one attached hydrogen (secondary N) is 1. The van der Waals surface area contributed by atoms with Crippen LogP contribution in [0.15, 0.2) is 58.1 Å².